The van der Waals surface area contributed by atoms with Gasteiger partial charge < -0.3 is 14.2 Å². The van der Waals surface area contributed by atoms with Crippen molar-refractivity contribution in [3.05, 3.63) is 53.6 Å². The maximum atomic E-state index is 14.3. The van der Waals surface area contributed by atoms with Gasteiger partial charge in [-0.3, -0.25) is 0 Å². The normalized spacial score (nSPS) is 20.5. The Balaban J connectivity index is 1.78. The van der Waals surface area contributed by atoms with Crippen LogP contribution in [0.25, 0.3) is 11.1 Å². The second-order valence-corrected chi connectivity index (χ2v) is 6.07. The molecule has 0 aromatic heterocycles. The molecular weight excluding hydrogens is 326 g/mol. The van der Waals surface area contributed by atoms with E-state index in [2.05, 4.69) is 6.92 Å². The molecule has 3 nitrogen and oxygen atoms in total. The molecule has 1 aliphatic rings. The van der Waals surface area contributed by atoms with Gasteiger partial charge >= 0.3 is 0 Å². The van der Waals surface area contributed by atoms with Crippen LogP contribution in [0.5, 0.6) is 5.75 Å². The molecule has 2 aromatic carbocycles. The van der Waals surface area contributed by atoms with E-state index in [1.165, 1.54) is 12.1 Å². The Labute approximate surface area is 146 Å². The second-order valence-electron chi connectivity index (χ2n) is 6.07. The van der Waals surface area contributed by atoms with Crippen LogP contribution in [0, 0.1) is 17.6 Å². The summed E-state index contributed by atoms with van der Waals surface area (Å²) in [6.45, 7) is 5.45. The lowest BCUT2D eigenvalue weighted by atomic mass is 10.0. The Morgan fingerprint density at radius 3 is 2.24 bits per heavy atom. The van der Waals surface area contributed by atoms with Crippen LogP contribution in [0.2, 0.25) is 0 Å². The summed E-state index contributed by atoms with van der Waals surface area (Å²) in [5.74, 6) is -1.52. The highest BCUT2D eigenvalue weighted by atomic mass is 19.2. The van der Waals surface area contributed by atoms with Crippen molar-refractivity contribution in [2.75, 3.05) is 19.8 Å². The first kappa shape index (κ1) is 17.8. The fourth-order valence-electron chi connectivity index (χ4n) is 2.81. The Kier molecular flexibility index (Phi) is 5.66. The molecule has 134 valence electrons. The van der Waals surface area contributed by atoms with Crippen LogP contribution in [0.15, 0.2) is 36.4 Å². The lowest BCUT2D eigenvalue weighted by Crippen LogP contribution is -2.26. The van der Waals surface area contributed by atoms with Crippen LogP contribution in [-0.2, 0) is 9.47 Å². The zero-order valence-corrected chi connectivity index (χ0v) is 14.4. The van der Waals surface area contributed by atoms with Gasteiger partial charge in [-0.15, -0.1) is 0 Å². The summed E-state index contributed by atoms with van der Waals surface area (Å²) in [7, 11) is 0. The number of benzene rings is 2. The van der Waals surface area contributed by atoms with Crippen molar-refractivity contribution in [3.8, 4) is 16.9 Å². The molecule has 0 N–H and O–H groups in total. The van der Waals surface area contributed by atoms with Crippen molar-refractivity contribution >= 4 is 0 Å². The Bertz CT molecular complexity index is 708. The predicted molar refractivity (Wildman–Crippen MR) is 91.4 cm³/mol. The van der Waals surface area contributed by atoms with Gasteiger partial charge in [-0.2, -0.15) is 4.39 Å². The number of hydrogen-bond donors (Lipinski definition) is 0. The summed E-state index contributed by atoms with van der Waals surface area (Å²) in [5, 5.41) is 0. The fourth-order valence-corrected chi connectivity index (χ4v) is 2.81. The quantitative estimate of drug-likeness (QED) is 0.752. The highest BCUT2D eigenvalue weighted by Crippen LogP contribution is 2.32. The summed E-state index contributed by atoms with van der Waals surface area (Å²) >= 11 is 0. The van der Waals surface area contributed by atoms with Crippen molar-refractivity contribution < 1.29 is 23.0 Å². The monoisotopic (exact) mass is 348 g/mol. The Hall–Kier alpha value is -1.98. The maximum absolute atomic E-state index is 14.3. The predicted octanol–water partition coefficient (Wildman–Crippen LogP) is 5.10. The molecule has 5 heteroatoms. The smallest absolute Gasteiger partial charge is 0.201 e. The Morgan fingerprint density at radius 2 is 1.64 bits per heavy atom. The van der Waals surface area contributed by atoms with Crippen LogP contribution in [0.4, 0.5) is 8.78 Å². The number of rotatable bonds is 5. The van der Waals surface area contributed by atoms with E-state index in [4.69, 9.17) is 14.2 Å². The van der Waals surface area contributed by atoms with E-state index in [1.54, 1.807) is 19.1 Å². The molecule has 0 saturated carbocycles. The van der Waals surface area contributed by atoms with Gasteiger partial charge in [0, 0.05) is 17.0 Å². The highest BCUT2D eigenvalue weighted by Gasteiger charge is 2.22. The largest absolute Gasteiger partial charge is 0.491 e. The van der Waals surface area contributed by atoms with E-state index in [9.17, 15) is 8.78 Å². The molecule has 3 rings (SSSR count). The molecule has 0 bridgehead atoms. The standard InChI is InChI=1S/C20H22F2O3/c1-3-13-11-24-20(25-12-13)15-7-5-14(6-8-15)16-9-10-17(23-4-2)19(22)18(16)21/h5-10,13,20H,3-4,11-12H2,1-2H3. The molecular formula is C20H22F2O3. The van der Waals surface area contributed by atoms with Crippen molar-refractivity contribution in [2.24, 2.45) is 5.92 Å². The lowest BCUT2D eigenvalue weighted by Gasteiger charge is -2.29. The van der Waals surface area contributed by atoms with Crippen LogP contribution in [0.1, 0.15) is 32.1 Å². The van der Waals surface area contributed by atoms with Crippen LogP contribution in [-0.4, -0.2) is 19.8 Å². The minimum Gasteiger partial charge on any atom is -0.491 e. The molecule has 2 aromatic rings. The van der Waals surface area contributed by atoms with E-state index >= 15 is 0 Å². The van der Waals surface area contributed by atoms with Gasteiger partial charge in [-0.1, -0.05) is 31.2 Å². The van der Waals surface area contributed by atoms with Gasteiger partial charge in [0.1, 0.15) is 0 Å². The average Bonchev–Trinajstić information content (AvgIpc) is 2.66. The minimum atomic E-state index is -0.965. The molecule has 0 unspecified atom stereocenters. The van der Waals surface area contributed by atoms with Crippen LogP contribution >= 0.6 is 0 Å². The van der Waals surface area contributed by atoms with E-state index < -0.39 is 17.9 Å². The molecule has 0 amide bonds. The first-order valence-corrected chi connectivity index (χ1v) is 8.58. The van der Waals surface area contributed by atoms with Gasteiger partial charge in [0.05, 0.1) is 19.8 Å². The fraction of sp³-hybridized carbons (Fsp3) is 0.400. The van der Waals surface area contributed by atoms with Crippen molar-refractivity contribution in [1.82, 2.24) is 0 Å². The molecule has 0 spiro atoms. The van der Waals surface area contributed by atoms with Crippen LogP contribution in [0.3, 0.4) is 0 Å². The minimum absolute atomic E-state index is 0.0742. The molecule has 1 aliphatic heterocycles. The third-order valence-corrected chi connectivity index (χ3v) is 4.38. The maximum Gasteiger partial charge on any atom is 0.201 e. The Morgan fingerprint density at radius 1 is 0.960 bits per heavy atom. The summed E-state index contributed by atoms with van der Waals surface area (Å²) in [4.78, 5) is 0. The first-order valence-electron chi connectivity index (χ1n) is 8.58. The van der Waals surface area contributed by atoms with Crippen molar-refractivity contribution in [1.29, 1.82) is 0 Å². The first-order chi connectivity index (χ1) is 12.1. The highest BCUT2D eigenvalue weighted by molar-refractivity contribution is 5.65. The molecule has 0 aliphatic carbocycles. The lowest BCUT2D eigenvalue weighted by molar-refractivity contribution is -0.205. The van der Waals surface area contributed by atoms with Gasteiger partial charge in [0.15, 0.2) is 17.9 Å². The number of halogens is 2. The molecule has 1 fully saturated rings. The average molecular weight is 348 g/mol. The summed E-state index contributed by atoms with van der Waals surface area (Å²) in [6, 6.07) is 10.1. The third kappa shape index (κ3) is 3.83. The van der Waals surface area contributed by atoms with E-state index in [0.717, 1.165) is 12.0 Å². The van der Waals surface area contributed by atoms with Gasteiger partial charge in [-0.05, 0) is 31.0 Å². The second kappa shape index (κ2) is 7.93. The van der Waals surface area contributed by atoms with E-state index in [1.807, 2.05) is 12.1 Å². The molecule has 1 saturated heterocycles. The SMILES string of the molecule is CCOc1ccc(-c2ccc(C3OCC(CC)CO3)cc2)c(F)c1F. The zero-order valence-electron chi connectivity index (χ0n) is 14.4. The summed E-state index contributed by atoms with van der Waals surface area (Å²) in [5.41, 5.74) is 1.65. The molecule has 1 heterocycles. The third-order valence-electron chi connectivity index (χ3n) is 4.38. The van der Waals surface area contributed by atoms with Crippen molar-refractivity contribution in [2.45, 2.75) is 26.6 Å². The van der Waals surface area contributed by atoms with Gasteiger partial charge in [-0.25, -0.2) is 4.39 Å². The van der Waals surface area contributed by atoms with Crippen molar-refractivity contribution in [3.63, 3.8) is 0 Å². The topological polar surface area (TPSA) is 27.7 Å². The molecule has 0 radical (unpaired) electrons. The van der Waals surface area contributed by atoms with Gasteiger partial charge in [0.2, 0.25) is 5.82 Å². The van der Waals surface area contributed by atoms with Crippen LogP contribution < -0.4 is 4.74 Å². The molecule has 0 atom stereocenters. The van der Waals surface area contributed by atoms with E-state index in [0.29, 0.717) is 24.7 Å². The number of hydrogen-bond acceptors (Lipinski definition) is 3. The summed E-state index contributed by atoms with van der Waals surface area (Å²) < 4.78 is 44.9. The summed E-state index contributed by atoms with van der Waals surface area (Å²) in [6.07, 6.45) is 0.618. The number of ether oxygens (including phenoxy) is 3. The molecule has 25 heavy (non-hydrogen) atoms. The zero-order chi connectivity index (χ0) is 17.8. The van der Waals surface area contributed by atoms with Gasteiger partial charge in [0.25, 0.3) is 0 Å². The van der Waals surface area contributed by atoms with E-state index in [-0.39, 0.29) is 17.9 Å².